The number of nitrogens with one attached hydrogen (secondary N) is 1. The highest BCUT2D eigenvalue weighted by Gasteiger charge is 2.35. The Morgan fingerprint density at radius 3 is 2.52 bits per heavy atom. The second-order valence-corrected chi connectivity index (χ2v) is 11.1. The van der Waals surface area contributed by atoms with Crippen molar-refractivity contribution in [2.24, 2.45) is 0 Å². The summed E-state index contributed by atoms with van der Waals surface area (Å²) in [6.45, 7) is 6.15. The first kappa shape index (κ1) is 29.5. The van der Waals surface area contributed by atoms with E-state index >= 15 is 0 Å². The summed E-state index contributed by atoms with van der Waals surface area (Å²) in [5, 5.41) is 3.36. The number of rotatable bonds is 10. The maximum Gasteiger partial charge on any atom is 0.293 e. The zero-order chi connectivity index (χ0) is 28.8. The molecule has 0 unspecified atom stereocenters. The average molecular weight is 600 g/mol. The lowest BCUT2D eigenvalue weighted by molar-refractivity contribution is -0.123. The summed E-state index contributed by atoms with van der Waals surface area (Å²) in [7, 11) is 0. The summed E-state index contributed by atoms with van der Waals surface area (Å²) >= 11 is 13.0. The quantitative estimate of drug-likeness (QED) is 0.240. The van der Waals surface area contributed by atoms with E-state index in [0.29, 0.717) is 39.3 Å². The SMILES string of the molecule is CCOc1cc(/C=C2\SC(=O)N(Cc3ccc(Cl)cc3Cl)C2=O)ccc1OCC(=O)Nc1ccccc1C(C)C. The lowest BCUT2D eigenvalue weighted by atomic mass is 10.0. The van der Waals surface area contributed by atoms with Crippen LogP contribution in [-0.2, 0) is 16.1 Å². The van der Waals surface area contributed by atoms with Crippen LogP contribution in [0.3, 0.4) is 0 Å². The van der Waals surface area contributed by atoms with E-state index in [1.807, 2.05) is 31.2 Å². The standard InChI is InChI=1S/C30H28Cl2N2O5S/c1-4-38-26-13-19(9-12-25(26)39-17-28(35)33-24-8-6-5-7-22(24)18(2)3)14-27-29(36)34(30(37)40-27)16-20-10-11-21(31)15-23(20)32/h5-15,18H,4,16-17H2,1-3H3,(H,33,35)/b27-14-. The van der Waals surface area contributed by atoms with E-state index < -0.39 is 11.1 Å². The Balaban J connectivity index is 1.45. The van der Waals surface area contributed by atoms with Gasteiger partial charge in [0.2, 0.25) is 0 Å². The van der Waals surface area contributed by atoms with Crippen molar-refractivity contribution in [1.29, 1.82) is 0 Å². The highest BCUT2D eigenvalue weighted by Crippen LogP contribution is 2.36. The van der Waals surface area contributed by atoms with Crippen molar-refractivity contribution in [3.05, 3.63) is 92.3 Å². The number of halogens is 2. The minimum Gasteiger partial charge on any atom is -0.490 e. The van der Waals surface area contributed by atoms with Crippen LogP contribution in [0.1, 0.15) is 43.4 Å². The number of ether oxygens (including phenoxy) is 2. The van der Waals surface area contributed by atoms with E-state index in [0.717, 1.165) is 27.9 Å². The maximum absolute atomic E-state index is 13.0. The summed E-state index contributed by atoms with van der Waals surface area (Å²) in [5.41, 5.74) is 3.04. The Bertz CT molecular complexity index is 1470. The van der Waals surface area contributed by atoms with Gasteiger partial charge in [-0.15, -0.1) is 0 Å². The third kappa shape index (κ3) is 7.18. The fourth-order valence-electron chi connectivity index (χ4n) is 4.05. The highest BCUT2D eigenvalue weighted by atomic mass is 35.5. The van der Waals surface area contributed by atoms with Crippen LogP contribution in [0.5, 0.6) is 11.5 Å². The van der Waals surface area contributed by atoms with Gasteiger partial charge in [-0.2, -0.15) is 0 Å². The number of benzene rings is 3. The minimum atomic E-state index is -0.419. The number of hydrogen-bond acceptors (Lipinski definition) is 6. The van der Waals surface area contributed by atoms with E-state index in [1.165, 1.54) is 0 Å². The Hall–Kier alpha value is -3.46. The lowest BCUT2D eigenvalue weighted by Crippen LogP contribution is -2.27. The lowest BCUT2D eigenvalue weighted by Gasteiger charge is -2.15. The van der Waals surface area contributed by atoms with Crippen molar-refractivity contribution < 1.29 is 23.9 Å². The van der Waals surface area contributed by atoms with Crippen molar-refractivity contribution >= 4 is 63.8 Å². The molecule has 0 aromatic heterocycles. The van der Waals surface area contributed by atoms with Gasteiger partial charge in [-0.05, 0) is 77.7 Å². The van der Waals surface area contributed by atoms with E-state index in [9.17, 15) is 14.4 Å². The molecule has 7 nitrogen and oxygen atoms in total. The second kappa shape index (κ2) is 13.3. The summed E-state index contributed by atoms with van der Waals surface area (Å²) in [5.74, 6) is 0.341. The smallest absolute Gasteiger partial charge is 0.293 e. The van der Waals surface area contributed by atoms with E-state index in [2.05, 4.69) is 19.2 Å². The highest BCUT2D eigenvalue weighted by molar-refractivity contribution is 8.18. The third-order valence-electron chi connectivity index (χ3n) is 6.00. The second-order valence-electron chi connectivity index (χ2n) is 9.22. The number of imide groups is 1. The molecular formula is C30H28Cl2N2O5S. The van der Waals surface area contributed by atoms with Gasteiger partial charge < -0.3 is 14.8 Å². The molecule has 0 radical (unpaired) electrons. The fourth-order valence-corrected chi connectivity index (χ4v) is 5.36. The Morgan fingerprint density at radius 1 is 1.02 bits per heavy atom. The van der Waals surface area contributed by atoms with Crippen molar-refractivity contribution in [2.45, 2.75) is 33.2 Å². The molecule has 0 atom stereocenters. The molecule has 3 amide bonds. The van der Waals surface area contributed by atoms with Gasteiger partial charge in [0, 0.05) is 15.7 Å². The van der Waals surface area contributed by atoms with E-state index in [-0.39, 0.29) is 29.9 Å². The van der Waals surface area contributed by atoms with E-state index in [1.54, 1.807) is 42.5 Å². The maximum atomic E-state index is 13.0. The van der Waals surface area contributed by atoms with Crippen molar-refractivity contribution in [3.8, 4) is 11.5 Å². The van der Waals surface area contributed by atoms with Gasteiger partial charge in [0.15, 0.2) is 18.1 Å². The monoisotopic (exact) mass is 598 g/mol. The molecule has 1 aliphatic heterocycles. The van der Waals surface area contributed by atoms with Gasteiger partial charge in [0.25, 0.3) is 17.1 Å². The number of hydrogen-bond donors (Lipinski definition) is 1. The van der Waals surface area contributed by atoms with Crippen LogP contribution >= 0.6 is 35.0 Å². The molecule has 208 valence electrons. The molecule has 0 aliphatic carbocycles. The summed E-state index contributed by atoms with van der Waals surface area (Å²) in [6, 6.07) is 17.7. The number of carbonyl (C=O) groups is 3. The number of anilines is 1. The molecule has 4 rings (SSSR count). The Morgan fingerprint density at radius 2 is 1.80 bits per heavy atom. The zero-order valence-electron chi connectivity index (χ0n) is 22.2. The number of amides is 3. The normalized spacial score (nSPS) is 14.2. The first-order valence-corrected chi connectivity index (χ1v) is 14.2. The van der Waals surface area contributed by atoms with Crippen LogP contribution in [0.2, 0.25) is 10.0 Å². The molecule has 1 aliphatic rings. The molecule has 1 saturated heterocycles. The van der Waals surface area contributed by atoms with Crippen LogP contribution < -0.4 is 14.8 Å². The van der Waals surface area contributed by atoms with Crippen LogP contribution in [0.4, 0.5) is 10.5 Å². The third-order valence-corrected chi connectivity index (χ3v) is 7.49. The predicted molar refractivity (Wildman–Crippen MR) is 160 cm³/mol. The van der Waals surface area contributed by atoms with Crippen LogP contribution in [0.15, 0.2) is 65.6 Å². The zero-order valence-corrected chi connectivity index (χ0v) is 24.5. The van der Waals surface area contributed by atoms with Crippen LogP contribution in [0, 0.1) is 0 Å². The van der Waals surface area contributed by atoms with Gasteiger partial charge in [-0.3, -0.25) is 19.3 Å². The number of nitrogens with zero attached hydrogens (tertiary/aromatic N) is 1. The summed E-state index contributed by atoms with van der Waals surface area (Å²) in [4.78, 5) is 39.7. The molecule has 1 N–H and O–H groups in total. The van der Waals surface area contributed by atoms with Gasteiger partial charge >= 0.3 is 0 Å². The predicted octanol–water partition coefficient (Wildman–Crippen LogP) is 7.77. The molecule has 0 saturated carbocycles. The molecule has 1 heterocycles. The van der Waals surface area contributed by atoms with Crippen LogP contribution in [0.25, 0.3) is 6.08 Å². The molecular weight excluding hydrogens is 571 g/mol. The molecule has 0 bridgehead atoms. The minimum absolute atomic E-state index is 0.0404. The van der Waals surface area contributed by atoms with Gasteiger partial charge in [-0.1, -0.05) is 67.4 Å². The Labute approximate surface area is 247 Å². The van der Waals surface area contributed by atoms with Gasteiger partial charge in [0.05, 0.1) is 18.1 Å². The van der Waals surface area contributed by atoms with Crippen molar-refractivity contribution in [2.75, 3.05) is 18.5 Å². The summed E-state index contributed by atoms with van der Waals surface area (Å²) in [6.07, 6.45) is 1.62. The molecule has 0 spiro atoms. The average Bonchev–Trinajstić information content (AvgIpc) is 3.17. The van der Waals surface area contributed by atoms with Gasteiger partial charge in [-0.25, -0.2) is 0 Å². The number of carbonyl (C=O) groups excluding carboxylic acids is 3. The van der Waals surface area contributed by atoms with Crippen molar-refractivity contribution in [3.63, 3.8) is 0 Å². The summed E-state index contributed by atoms with van der Waals surface area (Å²) < 4.78 is 11.5. The molecule has 3 aromatic carbocycles. The first-order valence-electron chi connectivity index (χ1n) is 12.6. The largest absolute Gasteiger partial charge is 0.490 e. The molecule has 40 heavy (non-hydrogen) atoms. The molecule has 1 fully saturated rings. The van der Waals surface area contributed by atoms with Gasteiger partial charge in [0.1, 0.15) is 0 Å². The van der Waals surface area contributed by atoms with E-state index in [4.69, 9.17) is 32.7 Å². The van der Waals surface area contributed by atoms with Crippen molar-refractivity contribution in [1.82, 2.24) is 4.90 Å². The topological polar surface area (TPSA) is 84.9 Å². The fraction of sp³-hybridized carbons (Fsp3) is 0.233. The number of para-hydroxylation sites is 1. The first-order chi connectivity index (χ1) is 19.2. The van der Waals surface area contributed by atoms with Crippen LogP contribution in [-0.4, -0.2) is 35.2 Å². The number of thioether (sulfide) groups is 1. The molecule has 3 aromatic rings. The Kier molecular flexibility index (Phi) is 9.79. The molecule has 10 heteroatoms.